The molecule has 2 heteroatoms. The molecule has 78 valence electrons. The van der Waals surface area contributed by atoms with Crippen molar-refractivity contribution in [2.24, 2.45) is 0 Å². The highest BCUT2D eigenvalue weighted by atomic mass is 16.5. The molecule has 0 spiro atoms. The zero-order valence-electron chi connectivity index (χ0n) is 8.81. The van der Waals surface area contributed by atoms with Crippen LogP contribution >= 0.6 is 0 Å². The molecule has 0 radical (unpaired) electrons. The van der Waals surface area contributed by atoms with Gasteiger partial charge in [-0.25, -0.2) is 0 Å². The van der Waals surface area contributed by atoms with E-state index in [1.807, 2.05) is 37.3 Å². The molecule has 0 aliphatic rings. The third-order valence-electron chi connectivity index (χ3n) is 2.09. The molecule has 1 N–H and O–H groups in total. The van der Waals surface area contributed by atoms with E-state index in [9.17, 15) is 5.11 Å². The Kier molecular flexibility index (Phi) is 4.63. The molecule has 0 fully saturated rings. The second-order valence-electron chi connectivity index (χ2n) is 3.44. The molecule has 0 aliphatic carbocycles. The molecule has 0 amide bonds. The molecule has 1 rings (SSSR count). The standard InChI is InChI=1S/C12H18O2/c1-3-14-12(9-10(2)13)11-7-5-4-6-8-11/h4-8,10,12-13H,3,9H2,1-2H3/t10-,12+/m1/s1. The molecule has 0 bridgehead atoms. The Balaban J connectivity index is 2.67. The quantitative estimate of drug-likeness (QED) is 0.780. The lowest BCUT2D eigenvalue weighted by atomic mass is 10.0. The van der Waals surface area contributed by atoms with Crippen LogP contribution in [0.15, 0.2) is 30.3 Å². The first-order valence-corrected chi connectivity index (χ1v) is 5.08. The number of hydrogen-bond donors (Lipinski definition) is 1. The van der Waals surface area contributed by atoms with Gasteiger partial charge in [-0.2, -0.15) is 0 Å². The summed E-state index contributed by atoms with van der Waals surface area (Å²) in [4.78, 5) is 0. The van der Waals surface area contributed by atoms with Crippen molar-refractivity contribution >= 4 is 0 Å². The molecule has 14 heavy (non-hydrogen) atoms. The first-order chi connectivity index (χ1) is 6.74. The van der Waals surface area contributed by atoms with Gasteiger partial charge in [0.05, 0.1) is 12.2 Å². The van der Waals surface area contributed by atoms with Gasteiger partial charge in [0.15, 0.2) is 0 Å². The van der Waals surface area contributed by atoms with Crippen LogP contribution in [-0.2, 0) is 4.74 Å². The summed E-state index contributed by atoms with van der Waals surface area (Å²) in [6.07, 6.45) is 0.339. The van der Waals surface area contributed by atoms with Gasteiger partial charge in [0.1, 0.15) is 0 Å². The maximum absolute atomic E-state index is 9.33. The van der Waals surface area contributed by atoms with Crippen LogP contribution in [0.1, 0.15) is 31.9 Å². The average Bonchev–Trinajstić information content (AvgIpc) is 2.18. The van der Waals surface area contributed by atoms with Crippen molar-refractivity contribution in [1.29, 1.82) is 0 Å². The van der Waals surface area contributed by atoms with Gasteiger partial charge in [-0.3, -0.25) is 0 Å². The maximum Gasteiger partial charge on any atom is 0.0849 e. The van der Waals surface area contributed by atoms with Crippen molar-refractivity contribution in [2.45, 2.75) is 32.5 Å². The normalized spacial score (nSPS) is 15.1. The molecule has 1 aromatic rings. The zero-order valence-corrected chi connectivity index (χ0v) is 8.81. The first kappa shape index (κ1) is 11.2. The Morgan fingerprint density at radius 2 is 1.93 bits per heavy atom. The summed E-state index contributed by atoms with van der Waals surface area (Å²) < 4.78 is 5.58. The number of aliphatic hydroxyl groups excluding tert-OH is 1. The van der Waals surface area contributed by atoms with Crippen LogP contribution in [0.4, 0.5) is 0 Å². The van der Waals surface area contributed by atoms with Gasteiger partial charge in [-0.15, -0.1) is 0 Å². The van der Waals surface area contributed by atoms with E-state index < -0.39 is 0 Å². The van der Waals surface area contributed by atoms with Crippen molar-refractivity contribution in [2.75, 3.05) is 6.61 Å². The fourth-order valence-electron chi connectivity index (χ4n) is 1.48. The Hall–Kier alpha value is -0.860. The molecular formula is C12H18O2. The van der Waals surface area contributed by atoms with Crippen molar-refractivity contribution in [3.63, 3.8) is 0 Å². The van der Waals surface area contributed by atoms with Crippen LogP contribution in [0.5, 0.6) is 0 Å². The van der Waals surface area contributed by atoms with E-state index in [2.05, 4.69) is 0 Å². The molecular weight excluding hydrogens is 176 g/mol. The molecule has 0 aliphatic heterocycles. The van der Waals surface area contributed by atoms with Crippen LogP contribution in [0.2, 0.25) is 0 Å². The maximum atomic E-state index is 9.33. The summed E-state index contributed by atoms with van der Waals surface area (Å²) in [7, 11) is 0. The summed E-state index contributed by atoms with van der Waals surface area (Å²) in [6, 6.07) is 10.0. The molecule has 2 nitrogen and oxygen atoms in total. The fourth-order valence-corrected chi connectivity index (χ4v) is 1.48. The van der Waals surface area contributed by atoms with E-state index in [1.165, 1.54) is 0 Å². The highest BCUT2D eigenvalue weighted by Crippen LogP contribution is 2.22. The number of aliphatic hydroxyl groups is 1. The van der Waals surface area contributed by atoms with Gasteiger partial charge in [0.2, 0.25) is 0 Å². The Labute approximate surface area is 85.5 Å². The minimum absolute atomic E-state index is 0.0150. The van der Waals surface area contributed by atoms with Crippen LogP contribution in [0.3, 0.4) is 0 Å². The Morgan fingerprint density at radius 3 is 2.43 bits per heavy atom. The van der Waals surface area contributed by atoms with Crippen molar-refractivity contribution < 1.29 is 9.84 Å². The van der Waals surface area contributed by atoms with E-state index in [4.69, 9.17) is 4.74 Å². The SMILES string of the molecule is CCO[C@@H](C[C@@H](C)O)c1ccccc1. The monoisotopic (exact) mass is 194 g/mol. The molecule has 0 saturated heterocycles. The predicted molar refractivity (Wildman–Crippen MR) is 57.1 cm³/mol. The first-order valence-electron chi connectivity index (χ1n) is 5.08. The Morgan fingerprint density at radius 1 is 1.29 bits per heavy atom. The van der Waals surface area contributed by atoms with Gasteiger partial charge >= 0.3 is 0 Å². The lowest BCUT2D eigenvalue weighted by Crippen LogP contribution is -2.11. The molecule has 0 aromatic heterocycles. The fraction of sp³-hybridized carbons (Fsp3) is 0.500. The van der Waals surface area contributed by atoms with Crippen molar-refractivity contribution in [1.82, 2.24) is 0 Å². The van der Waals surface area contributed by atoms with Crippen LogP contribution in [0.25, 0.3) is 0 Å². The van der Waals surface area contributed by atoms with E-state index in [1.54, 1.807) is 6.92 Å². The van der Waals surface area contributed by atoms with Gasteiger partial charge in [0, 0.05) is 13.0 Å². The van der Waals surface area contributed by atoms with Gasteiger partial charge < -0.3 is 9.84 Å². The molecule has 0 heterocycles. The van der Waals surface area contributed by atoms with Gasteiger partial charge in [-0.1, -0.05) is 30.3 Å². The van der Waals surface area contributed by atoms with E-state index >= 15 is 0 Å². The summed E-state index contributed by atoms with van der Waals surface area (Å²) >= 11 is 0. The second-order valence-corrected chi connectivity index (χ2v) is 3.44. The highest BCUT2D eigenvalue weighted by Gasteiger charge is 2.13. The van der Waals surface area contributed by atoms with Crippen LogP contribution < -0.4 is 0 Å². The lowest BCUT2D eigenvalue weighted by Gasteiger charge is -2.18. The smallest absolute Gasteiger partial charge is 0.0849 e. The molecule has 0 unspecified atom stereocenters. The summed E-state index contributed by atoms with van der Waals surface area (Å²) in [6.45, 7) is 4.43. The van der Waals surface area contributed by atoms with Gasteiger partial charge in [-0.05, 0) is 19.4 Å². The molecule has 2 atom stereocenters. The van der Waals surface area contributed by atoms with Crippen molar-refractivity contribution in [3.8, 4) is 0 Å². The Bertz CT molecular complexity index is 244. The summed E-state index contributed by atoms with van der Waals surface area (Å²) in [5.41, 5.74) is 1.13. The summed E-state index contributed by atoms with van der Waals surface area (Å²) in [5, 5.41) is 9.33. The topological polar surface area (TPSA) is 29.5 Å². The highest BCUT2D eigenvalue weighted by molar-refractivity contribution is 5.17. The molecule has 0 saturated carbocycles. The summed E-state index contributed by atoms with van der Waals surface area (Å²) in [5.74, 6) is 0. The number of hydrogen-bond acceptors (Lipinski definition) is 2. The third kappa shape index (κ3) is 3.48. The second kappa shape index (κ2) is 5.78. The number of rotatable bonds is 5. The van der Waals surface area contributed by atoms with Crippen molar-refractivity contribution in [3.05, 3.63) is 35.9 Å². The minimum Gasteiger partial charge on any atom is -0.393 e. The number of benzene rings is 1. The average molecular weight is 194 g/mol. The lowest BCUT2D eigenvalue weighted by molar-refractivity contribution is 0.0237. The van der Waals surface area contributed by atoms with Crippen LogP contribution in [0, 0.1) is 0 Å². The van der Waals surface area contributed by atoms with Crippen LogP contribution in [-0.4, -0.2) is 17.8 Å². The van der Waals surface area contributed by atoms with E-state index in [0.29, 0.717) is 13.0 Å². The molecule has 1 aromatic carbocycles. The van der Waals surface area contributed by atoms with E-state index in [0.717, 1.165) is 5.56 Å². The number of ether oxygens (including phenoxy) is 1. The largest absolute Gasteiger partial charge is 0.393 e. The van der Waals surface area contributed by atoms with Gasteiger partial charge in [0.25, 0.3) is 0 Å². The predicted octanol–water partition coefficient (Wildman–Crippen LogP) is 2.54. The minimum atomic E-state index is -0.327. The van der Waals surface area contributed by atoms with E-state index in [-0.39, 0.29) is 12.2 Å². The zero-order chi connectivity index (χ0) is 10.4. The third-order valence-corrected chi connectivity index (χ3v) is 2.09.